The van der Waals surface area contributed by atoms with Gasteiger partial charge >= 0.3 is 0 Å². The van der Waals surface area contributed by atoms with Gasteiger partial charge in [-0.05, 0) is 77.0 Å². The number of allylic oxidation sites excluding steroid dienone is 3. The Labute approximate surface area is 136 Å². The summed E-state index contributed by atoms with van der Waals surface area (Å²) >= 11 is 0. The average Bonchev–Trinajstić information content (AvgIpc) is 3.28. The second-order valence-electron chi connectivity index (χ2n) is 8.28. The first-order valence-electron chi connectivity index (χ1n) is 8.87. The summed E-state index contributed by atoms with van der Waals surface area (Å²) in [7, 11) is 0. The first kappa shape index (κ1) is 17.3. The van der Waals surface area contributed by atoms with E-state index in [0.717, 1.165) is 24.6 Å². The van der Waals surface area contributed by atoms with Gasteiger partial charge in [0.05, 0.1) is 0 Å². The summed E-state index contributed by atoms with van der Waals surface area (Å²) < 4.78 is 0. The van der Waals surface area contributed by atoms with Crippen molar-refractivity contribution in [2.45, 2.75) is 66.7 Å². The summed E-state index contributed by atoms with van der Waals surface area (Å²) in [4.78, 5) is 14.6. The molecule has 0 N–H and O–H groups in total. The van der Waals surface area contributed by atoms with Gasteiger partial charge in [-0.1, -0.05) is 24.1 Å². The second-order valence-corrected chi connectivity index (χ2v) is 8.28. The third-order valence-corrected chi connectivity index (χ3v) is 5.15. The molecule has 0 aromatic carbocycles. The lowest BCUT2D eigenvalue weighted by atomic mass is 9.98. The third kappa shape index (κ3) is 5.30. The van der Waals surface area contributed by atoms with Crippen molar-refractivity contribution in [2.24, 2.45) is 17.3 Å². The number of nitrogens with zero attached hydrogens (tertiary/aromatic N) is 1. The molecule has 0 unspecified atom stereocenters. The van der Waals surface area contributed by atoms with Crippen molar-refractivity contribution in [1.29, 1.82) is 0 Å². The van der Waals surface area contributed by atoms with E-state index in [1.54, 1.807) is 0 Å². The molecule has 0 aromatic heterocycles. The zero-order valence-electron chi connectivity index (χ0n) is 15.1. The molecular formula is C20H33NO. The van der Waals surface area contributed by atoms with Crippen LogP contribution in [0.25, 0.3) is 0 Å². The van der Waals surface area contributed by atoms with Gasteiger partial charge in [-0.3, -0.25) is 4.79 Å². The first-order chi connectivity index (χ1) is 10.3. The molecule has 2 saturated carbocycles. The molecule has 0 spiro atoms. The summed E-state index contributed by atoms with van der Waals surface area (Å²) in [5.41, 5.74) is 2.97. The lowest BCUT2D eigenvalue weighted by Gasteiger charge is -2.23. The Bertz CT molecular complexity index is 464. The average molecular weight is 303 g/mol. The van der Waals surface area contributed by atoms with E-state index in [-0.39, 0.29) is 5.91 Å². The number of hydrogen-bond acceptors (Lipinski definition) is 1. The Kier molecular flexibility index (Phi) is 5.52. The van der Waals surface area contributed by atoms with Crippen LogP contribution in [0.2, 0.25) is 0 Å². The van der Waals surface area contributed by atoms with E-state index in [0.29, 0.717) is 11.3 Å². The largest absolute Gasteiger partial charge is 0.339 e. The maximum Gasteiger partial charge on any atom is 0.246 e. The van der Waals surface area contributed by atoms with Crippen molar-refractivity contribution in [3.05, 3.63) is 23.3 Å². The fourth-order valence-corrected chi connectivity index (χ4v) is 3.26. The monoisotopic (exact) mass is 303 g/mol. The number of hydrogen-bond donors (Lipinski definition) is 0. The molecule has 2 aliphatic rings. The quantitative estimate of drug-likeness (QED) is 0.458. The van der Waals surface area contributed by atoms with Crippen LogP contribution in [0.15, 0.2) is 23.3 Å². The molecule has 0 bridgehead atoms. The molecule has 2 fully saturated rings. The first-order valence-corrected chi connectivity index (χ1v) is 8.87. The highest BCUT2D eigenvalue weighted by Gasteiger charge is 2.50. The van der Waals surface area contributed by atoms with Crippen LogP contribution in [0.4, 0.5) is 0 Å². The topological polar surface area (TPSA) is 20.3 Å². The molecule has 0 radical (unpaired) electrons. The van der Waals surface area contributed by atoms with Crippen LogP contribution in [0.3, 0.4) is 0 Å². The fourth-order valence-electron chi connectivity index (χ4n) is 3.26. The molecule has 2 nitrogen and oxygen atoms in total. The van der Waals surface area contributed by atoms with E-state index < -0.39 is 0 Å². The van der Waals surface area contributed by atoms with E-state index in [1.807, 2.05) is 19.9 Å². The minimum absolute atomic E-state index is 0.227. The number of carbonyl (C=O) groups excluding carboxylic acids is 1. The highest BCUT2D eigenvalue weighted by molar-refractivity contribution is 5.88. The van der Waals surface area contributed by atoms with Crippen molar-refractivity contribution >= 4 is 5.91 Å². The van der Waals surface area contributed by atoms with E-state index in [4.69, 9.17) is 0 Å². The van der Waals surface area contributed by atoms with Gasteiger partial charge in [0.2, 0.25) is 5.91 Å². The molecule has 22 heavy (non-hydrogen) atoms. The summed E-state index contributed by atoms with van der Waals surface area (Å²) in [6, 6.07) is 0. The lowest BCUT2D eigenvalue weighted by Crippen LogP contribution is -2.34. The fraction of sp³-hybridized carbons (Fsp3) is 0.750. The van der Waals surface area contributed by atoms with Gasteiger partial charge < -0.3 is 4.90 Å². The summed E-state index contributed by atoms with van der Waals surface area (Å²) in [5, 5.41) is 0. The standard InChI is InChI=1S/C20H33NO/c1-15(2)7-6-10-20(5)12-18(20)14-21(13-17-8-9-17)19(22)11-16(3)4/h7,11,17-18H,6,8-10,12-14H2,1-5H3/t18-,20-/m0/s1. The molecule has 2 heteroatoms. The Hall–Kier alpha value is -1.05. The normalized spacial score (nSPS) is 26.3. The molecular weight excluding hydrogens is 270 g/mol. The minimum Gasteiger partial charge on any atom is -0.339 e. The van der Waals surface area contributed by atoms with Crippen LogP contribution < -0.4 is 0 Å². The van der Waals surface area contributed by atoms with Crippen molar-refractivity contribution < 1.29 is 4.79 Å². The van der Waals surface area contributed by atoms with Gasteiger partial charge in [-0.15, -0.1) is 0 Å². The molecule has 2 atom stereocenters. The highest BCUT2D eigenvalue weighted by Crippen LogP contribution is 2.56. The number of amides is 1. The lowest BCUT2D eigenvalue weighted by molar-refractivity contribution is -0.126. The van der Waals surface area contributed by atoms with Gasteiger partial charge in [0.1, 0.15) is 0 Å². The molecule has 124 valence electrons. The Balaban J connectivity index is 1.87. The number of carbonyl (C=O) groups is 1. The van der Waals surface area contributed by atoms with E-state index in [2.05, 4.69) is 31.7 Å². The van der Waals surface area contributed by atoms with Crippen LogP contribution in [-0.2, 0) is 4.79 Å². The summed E-state index contributed by atoms with van der Waals surface area (Å²) in [5.74, 6) is 1.70. The molecule has 1 amide bonds. The van der Waals surface area contributed by atoms with Gasteiger partial charge in [-0.2, -0.15) is 0 Å². The summed E-state index contributed by atoms with van der Waals surface area (Å²) in [6.45, 7) is 12.7. The Morgan fingerprint density at radius 3 is 2.36 bits per heavy atom. The maximum absolute atomic E-state index is 12.4. The minimum atomic E-state index is 0.227. The predicted octanol–water partition coefficient (Wildman–Crippen LogP) is 4.96. The van der Waals surface area contributed by atoms with E-state index in [9.17, 15) is 4.79 Å². The molecule has 0 saturated heterocycles. The van der Waals surface area contributed by atoms with Crippen molar-refractivity contribution in [3.8, 4) is 0 Å². The maximum atomic E-state index is 12.4. The molecule has 2 aliphatic carbocycles. The van der Waals surface area contributed by atoms with Gasteiger partial charge in [-0.25, -0.2) is 0 Å². The van der Waals surface area contributed by atoms with Gasteiger partial charge in [0, 0.05) is 19.2 Å². The van der Waals surface area contributed by atoms with Crippen molar-refractivity contribution in [2.75, 3.05) is 13.1 Å². The highest BCUT2D eigenvalue weighted by atomic mass is 16.2. The smallest absolute Gasteiger partial charge is 0.246 e. The molecule has 0 aromatic rings. The SMILES string of the molecule is CC(C)=CCC[C@@]1(C)C[C@H]1CN(CC1CC1)C(=O)C=C(C)C. The van der Waals surface area contributed by atoms with Crippen LogP contribution in [0, 0.1) is 17.3 Å². The van der Waals surface area contributed by atoms with Gasteiger partial charge in [0.15, 0.2) is 0 Å². The zero-order valence-corrected chi connectivity index (χ0v) is 15.1. The van der Waals surface area contributed by atoms with Crippen molar-refractivity contribution in [1.82, 2.24) is 4.90 Å². The van der Waals surface area contributed by atoms with Crippen LogP contribution in [0.5, 0.6) is 0 Å². The van der Waals surface area contributed by atoms with E-state index >= 15 is 0 Å². The molecule has 0 heterocycles. The molecule has 0 aliphatic heterocycles. The molecule has 2 rings (SSSR count). The Morgan fingerprint density at radius 2 is 1.82 bits per heavy atom. The van der Waals surface area contributed by atoms with E-state index in [1.165, 1.54) is 37.7 Å². The summed E-state index contributed by atoms with van der Waals surface area (Å²) in [6.07, 6.45) is 10.5. The predicted molar refractivity (Wildman–Crippen MR) is 93.6 cm³/mol. The zero-order chi connectivity index (χ0) is 16.3. The van der Waals surface area contributed by atoms with Crippen LogP contribution >= 0.6 is 0 Å². The van der Waals surface area contributed by atoms with Crippen LogP contribution in [-0.4, -0.2) is 23.9 Å². The second kappa shape index (κ2) is 7.02. The third-order valence-electron chi connectivity index (χ3n) is 5.15. The Morgan fingerprint density at radius 1 is 1.14 bits per heavy atom. The van der Waals surface area contributed by atoms with Gasteiger partial charge in [0.25, 0.3) is 0 Å². The van der Waals surface area contributed by atoms with Crippen molar-refractivity contribution in [3.63, 3.8) is 0 Å². The number of rotatable bonds is 8. The van der Waals surface area contributed by atoms with Crippen LogP contribution in [0.1, 0.15) is 66.7 Å².